The van der Waals surface area contributed by atoms with Gasteiger partial charge in [0.05, 0.1) is 11.8 Å². The highest BCUT2D eigenvalue weighted by atomic mass is 16.5. The van der Waals surface area contributed by atoms with Crippen molar-refractivity contribution in [3.8, 4) is 0 Å². The molecule has 0 aliphatic heterocycles. The quantitative estimate of drug-likeness (QED) is 0.524. The molecule has 0 fully saturated rings. The van der Waals surface area contributed by atoms with Gasteiger partial charge in [0.2, 0.25) is 0 Å². The smallest absolute Gasteiger partial charge is 0.174 e. The van der Waals surface area contributed by atoms with Gasteiger partial charge in [0, 0.05) is 0 Å². The zero-order chi connectivity index (χ0) is 5.82. The molecule has 0 saturated carbocycles. The van der Waals surface area contributed by atoms with Crippen molar-refractivity contribution < 1.29 is 9.15 Å². The fourth-order valence-corrected chi connectivity index (χ4v) is 0.565. The molecule has 0 unspecified atom stereocenters. The average Bonchev–Trinajstić information content (AvgIpc) is 2.19. The van der Waals surface area contributed by atoms with Crippen molar-refractivity contribution in [1.82, 2.24) is 0 Å². The van der Waals surface area contributed by atoms with Gasteiger partial charge < -0.3 is 9.15 Å². The molecule has 1 rings (SSSR count). The van der Waals surface area contributed by atoms with Crippen LogP contribution in [0.5, 0.6) is 0 Å². The van der Waals surface area contributed by atoms with Crippen molar-refractivity contribution in [3.63, 3.8) is 0 Å². The minimum Gasteiger partial charge on any atom is -0.472 e. The lowest BCUT2D eigenvalue weighted by Crippen LogP contribution is -1.87. The third-order valence-electron chi connectivity index (χ3n) is 0.921. The van der Waals surface area contributed by atoms with Crippen LogP contribution in [0.15, 0.2) is 23.0 Å². The number of hydrogen-bond acceptors (Lipinski definition) is 1. The van der Waals surface area contributed by atoms with Crippen LogP contribution in [0.1, 0.15) is 5.56 Å². The van der Waals surface area contributed by atoms with E-state index in [-0.39, 0.29) is 0 Å². The summed E-state index contributed by atoms with van der Waals surface area (Å²) in [5, 5.41) is 0. The monoisotopic (exact) mass is 113 g/mol. The highest BCUT2D eigenvalue weighted by Crippen LogP contribution is 1.98. The Morgan fingerprint density at radius 2 is 2.62 bits per heavy atom. The van der Waals surface area contributed by atoms with Crippen LogP contribution in [0.4, 0.5) is 0 Å². The lowest BCUT2D eigenvalue weighted by Gasteiger charge is -1.85. The number of rotatable bonds is 2. The molecule has 44 valence electrons. The molecule has 8 heavy (non-hydrogen) atoms. The molecule has 0 radical (unpaired) electrons. The highest BCUT2D eigenvalue weighted by Gasteiger charge is 1.92. The molecule has 0 saturated heterocycles. The van der Waals surface area contributed by atoms with Crippen molar-refractivity contribution >= 4 is 0 Å². The number of furan rings is 1. The molecule has 1 aromatic rings. The van der Waals surface area contributed by atoms with E-state index in [9.17, 15) is 0 Å². The van der Waals surface area contributed by atoms with E-state index in [0.29, 0.717) is 0 Å². The Bertz CT molecular complexity index is 132. The molecule has 0 aliphatic carbocycles. The molecule has 1 N–H and O–H groups in total. The van der Waals surface area contributed by atoms with Gasteiger partial charge >= 0.3 is 0 Å². The van der Waals surface area contributed by atoms with Crippen molar-refractivity contribution in [3.05, 3.63) is 24.2 Å². The highest BCUT2D eigenvalue weighted by molar-refractivity contribution is 5.02. The molecule has 0 aliphatic rings. The summed E-state index contributed by atoms with van der Waals surface area (Å²) >= 11 is 0. The number of aliphatic hydroxyl groups is 2. The first kappa shape index (κ1) is 5.38. The van der Waals surface area contributed by atoms with E-state index in [1.807, 2.05) is 6.07 Å². The molecule has 2 heteroatoms. The predicted molar refractivity (Wildman–Crippen MR) is 30.6 cm³/mol. The van der Waals surface area contributed by atoms with Crippen molar-refractivity contribution in [2.75, 3.05) is 7.11 Å². The molecule has 0 spiro atoms. The summed E-state index contributed by atoms with van der Waals surface area (Å²) in [5.74, 6) is 0. The van der Waals surface area contributed by atoms with Crippen molar-refractivity contribution in [2.24, 2.45) is 0 Å². The van der Waals surface area contributed by atoms with E-state index in [2.05, 4.69) is 4.74 Å². The Morgan fingerprint density at radius 3 is 3.12 bits per heavy atom. The summed E-state index contributed by atoms with van der Waals surface area (Å²) in [6.45, 7) is 0.760. The maximum atomic E-state index is 4.81. The van der Waals surface area contributed by atoms with Crippen LogP contribution >= 0.6 is 0 Å². The largest absolute Gasteiger partial charge is 0.472 e. The van der Waals surface area contributed by atoms with Crippen LogP contribution in [0.2, 0.25) is 0 Å². The lowest BCUT2D eigenvalue weighted by atomic mass is 10.4. The molecular weight excluding hydrogens is 104 g/mol. The first-order valence-corrected chi connectivity index (χ1v) is 2.50. The van der Waals surface area contributed by atoms with Crippen LogP contribution in [-0.4, -0.2) is 11.8 Å². The van der Waals surface area contributed by atoms with E-state index >= 15 is 0 Å². The van der Waals surface area contributed by atoms with E-state index in [4.69, 9.17) is 4.42 Å². The molecule has 1 aromatic heterocycles. The minimum absolute atomic E-state index is 0.760. The summed E-state index contributed by atoms with van der Waals surface area (Å²) in [6.07, 6.45) is 3.35. The summed E-state index contributed by atoms with van der Waals surface area (Å²) in [5.41, 5.74) is 1.13. The molecule has 0 aromatic carbocycles. The Balaban J connectivity index is 2.50. The topological polar surface area (TPSA) is 25.9 Å². The van der Waals surface area contributed by atoms with Gasteiger partial charge in [-0.2, -0.15) is 0 Å². The molecule has 2 nitrogen and oxygen atoms in total. The number of ether oxygens (including phenoxy) is 1. The molecule has 0 bridgehead atoms. The van der Waals surface area contributed by atoms with Gasteiger partial charge in [0.15, 0.2) is 6.61 Å². The maximum Gasteiger partial charge on any atom is 0.174 e. The third kappa shape index (κ3) is 1.10. The van der Waals surface area contributed by atoms with Gasteiger partial charge in [-0.1, -0.05) is 0 Å². The van der Waals surface area contributed by atoms with Gasteiger partial charge in [-0.05, 0) is 6.07 Å². The minimum atomic E-state index is 0.760. The average molecular weight is 113 g/mol. The molecular formula is C6H9O2+. The Morgan fingerprint density at radius 1 is 1.75 bits per heavy atom. The van der Waals surface area contributed by atoms with Crippen LogP contribution in [-0.2, 0) is 6.61 Å². The summed E-state index contributed by atoms with van der Waals surface area (Å²) in [4.78, 5) is 0. The second-order valence-corrected chi connectivity index (χ2v) is 1.61. The first-order chi connectivity index (χ1) is 3.93. The fraction of sp³-hybridized carbons (Fsp3) is 0.333. The summed E-state index contributed by atoms with van der Waals surface area (Å²) < 4.78 is 8.73. The lowest BCUT2D eigenvalue weighted by molar-refractivity contribution is -0.00108. The van der Waals surface area contributed by atoms with Crippen LogP contribution in [0.3, 0.4) is 0 Å². The standard InChI is InChI=1S/C6H8O2/c1-7-4-6-2-3-8-5-6/h2-3,5H,4H2,1H3/p+1. The third-order valence-corrected chi connectivity index (χ3v) is 0.921. The Labute approximate surface area is 48.1 Å². The maximum absolute atomic E-state index is 4.81. The fourth-order valence-electron chi connectivity index (χ4n) is 0.565. The summed E-state index contributed by atoms with van der Waals surface area (Å²) in [6, 6.07) is 1.91. The molecule has 0 atom stereocenters. The van der Waals surface area contributed by atoms with Gasteiger partial charge in [0.25, 0.3) is 0 Å². The second-order valence-electron chi connectivity index (χ2n) is 1.61. The second kappa shape index (κ2) is 2.52. The number of hydrogen-bond donors (Lipinski definition) is 0. The normalized spacial score (nSPS) is 9.62. The van der Waals surface area contributed by atoms with E-state index in [0.717, 1.165) is 12.2 Å². The van der Waals surface area contributed by atoms with Gasteiger partial charge in [-0.15, -0.1) is 0 Å². The van der Waals surface area contributed by atoms with E-state index < -0.39 is 0 Å². The van der Waals surface area contributed by atoms with Gasteiger partial charge in [0.1, 0.15) is 13.4 Å². The van der Waals surface area contributed by atoms with Crippen molar-refractivity contribution in [2.45, 2.75) is 6.61 Å². The van der Waals surface area contributed by atoms with Gasteiger partial charge in [-0.25, -0.2) is 0 Å². The summed E-state index contributed by atoms with van der Waals surface area (Å²) in [7, 11) is 1.78. The Kier molecular flexibility index (Phi) is 1.70. The Hall–Kier alpha value is -0.760. The zero-order valence-corrected chi connectivity index (χ0v) is 4.79. The molecule has 0 amide bonds. The van der Waals surface area contributed by atoms with E-state index in [1.165, 1.54) is 0 Å². The van der Waals surface area contributed by atoms with E-state index in [1.54, 1.807) is 19.6 Å². The molecule has 1 heterocycles. The van der Waals surface area contributed by atoms with Crippen LogP contribution in [0.25, 0.3) is 0 Å². The first-order valence-electron chi connectivity index (χ1n) is 2.50. The van der Waals surface area contributed by atoms with Gasteiger partial charge in [-0.3, -0.25) is 0 Å². The SMILES string of the molecule is C[OH+]Cc1ccoc1. The zero-order valence-electron chi connectivity index (χ0n) is 4.79. The van der Waals surface area contributed by atoms with Crippen LogP contribution in [0, 0.1) is 0 Å². The van der Waals surface area contributed by atoms with Crippen molar-refractivity contribution in [1.29, 1.82) is 0 Å². The predicted octanol–water partition coefficient (Wildman–Crippen LogP) is 0.937. The van der Waals surface area contributed by atoms with Crippen LogP contribution < -0.4 is 0 Å².